The van der Waals surface area contributed by atoms with E-state index in [-0.39, 0.29) is 22.7 Å². The molecule has 188 valence electrons. The van der Waals surface area contributed by atoms with E-state index < -0.39 is 24.6 Å². The molecule has 14 heteroatoms. The van der Waals surface area contributed by atoms with Crippen LogP contribution in [0.2, 0.25) is 0 Å². The first-order valence-corrected chi connectivity index (χ1v) is 11.0. The Kier molecular flexibility index (Phi) is 5.33. The Balaban J connectivity index is 1.27. The summed E-state index contributed by atoms with van der Waals surface area (Å²) >= 11 is 0. The summed E-state index contributed by atoms with van der Waals surface area (Å²) in [5.41, 5.74) is -0.208. The third-order valence-electron chi connectivity index (χ3n) is 6.57. The van der Waals surface area contributed by atoms with E-state index in [9.17, 15) is 26.3 Å². The number of piperidine rings is 1. The second-order valence-corrected chi connectivity index (χ2v) is 9.26. The summed E-state index contributed by atoms with van der Waals surface area (Å²) in [5.74, 6) is 0.815. The van der Waals surface area contributed by atoms with Crippen LogP contribution in [0.3, 0.4) is 0 Å². The molecule has 0 unspecified atom stereocenters. The fourth-order valence-corrected chi connectivity index (χ4v) is 4.82. The largest absolute Gasteiger partial charge is 0.433 e. The maximum Gasteiger partial charge on any atom is 0.433 e. The number of aromatic nitrogens is 6. The van der Waals surface area contributed by atoms with E-state index in [4.69, 9.17) is 0 Å². The van der Waals surface area contributed by atoms with E-state index >= 15 is 0 Å². The van der Waals surface area contributed by atoms with Crippen LogP contribution in [0.1, 0.15) is 30.1 Å². The van der Waals surface area contributed by atoms with Crippen LogP contribution in [0.25, 0.3) is 11.2 Å². The minimum absolute atomic E-state index is 0.0556. The van der Waals surface area contributed by atoms with Gasteiger partial charge in [-0.25, -0.2) is 24.6 Å². The second-order valence-electron chi connectivity index (χ2n) is 9.26. The summed E-state index contributed by atoms with van der Waals surface area (Å²) in [6, 6.07) is 0.978. The zero-order valence-electron chi connectivity index (χ0n) is 18.9. The summed E-state index contributed by atoms with van der Waals surface area (Å²) in [6.45, 7) is 4.16. The van der Waals surface area contributed by atoms with Gasteiger partial charge >= 0.3 is 12.4 Å². The number of hydrogen-bond acceptors (Lipinski definition) is 7. The molecule has 0 N–H and O–H groups in total. The molecule has 0 radical (unpaired) electrons. The van der Waals surface area contributed by atoms with Crippen LogP contribution < -0.4 is 9.80 Å². The van der Waals surface area contributed by atoms with Crippen LogP contribution in [-0.2, 0) is 12.7 Å². The summed E-state index contributed by atoms with van der Waals surface area (Å²) < 4.78 is 78.9. The molecule has 3 aromatic heterocycles. The molecule has 2 fully saturated rings. The van der Waals surface area contributed by atoms with Crippen molar-refractivity contribution < 1.29 is 26.3 Å². The van der Waals surface area contributed by atoms with E-state index in [1.807, 2.05) is 9.80 Å². The lowest BCUT2D eigenvalue weighted by atomic mass is 9.72. The van der Waals surface area contributed by atoms with Crippen molar-refractivity contribution in [2.75, 3.05) is 36.0 Å². The Hall–Kier alpha value is -3.19. The predicted molar refractivity (Wildman–Crippen MR) is 114 cm³/mol. The highest BCUT2D eigenvalue weighted by Gasteiger charge is 2.46. The SMILES string of the molecule is Cc1nc(N2CC3(CCN(c4cnc5c(C)nn(CC(F)(F)F)c5n4)CC3)C2)cc(C(F)(F)F)n1. The molecule has 1 spiro atoms. The quantitative estimate of drug-likeness (QED) is 0.505. The molecule has 5 heterocycles. The van der Waals surface area contributed by atoms with Gasteiger partial charge in [0.2, 0.25) is 0 Å². The van der Waals surface area contributed by atoms with Gasteiger partial charge in [0.1, 0.15) is 35.2 Å². The number of halogens is 6. The van der Waals surface area contributed by atoms with Gasteiger partial charge in [0, 0.05) is 37.7 Å². The van der Waals surface area contributed by atoms with E-state index in [2.05, 4.69) is 25.0 Å². The molecule has 35 heavy (non-hydrogen) atoms. The molecule has 5 rings (SSSR count). The lowest BCUT2D eigenvalue weighted by Gasteiger charge is -2.54. The van der Waals surface area contributed by atoms with Crippen molar-refractivity contribution >= 4 is 22.8 Å². The minimum atomic E-state index is -4.54. The number of alkyl halides is 6. The highest BCUT2D eigenvalue weighted by molar-refractivity contribution is 5.74. The Morgan fingerprint density at radius 2 is 1.60 bits per heavy atom. The van der Waals surface area contributed by atoms with Gasteiger partial charge in [0.15, 0.2) is 5.65 Å². The van der Waals surface area contributed by atoms with Crippen LogP contribution in [0, 0.1) is 19.3 Å². The molecule has 0 saturated carbocycles. The molecule has 0 bridgehead atoms. The van der Waals surface area contributed by atoms with Crippen LogP contribution in [0.5, 0.6) is 0 Å². The zero-order valence-corrected chi connectivity index (χ0v) is 18.9. The van der Waals surface area contributed by atoms with Gasteiger partial charge < -0.3 is 9.80 Å². The molecular weight excluding hydrogens is 478 g/mol. The van der Waals surface area contributed by atoms with Crippen molar-refractivity contribution in [1.29, 1.82) is 0 Å². The van der Waals surface area contributed by atoms with Gasteiger partial charge in [0.25, 0.3) is 0 Å². The molecule has 3 aromatic rings. The first-order valence-electron chi connectivity index (χ1n) is 11.0. The van der Waals surface area contributed by atoms with Gasteiger partial charge in [-0.2, -0.15) is 31.4 Å². The van der Waals surface area contributed by atoms with Crippen LogP contribution in [0.4, 0.5) is 38.0 Å². The summed E-state index contributed by atoms with van der Waals surface area (Å²) in [4.78, 5) is 20.2. The predicted octanol–water partition coefficient (Wildman–Crippen LogP) is 3.92. The Labute approximate surface area is 196 Å². The Morgan fingerprint density at radius 1 is 0.914 bits per heavy atom. The molecule has 0 atom stereocenters. The monoisotopic (exact) mass is 500 g/mol. The standard InChI is InChI=1S/C21H22F6N8/c1-12-17-18(35(32-12)11-20(22,23)24)31-16(8-28-17)33-5-3-19(4-6-33)9-34(10-19)15-7-14(21(25,26)27)29-13(2)30-15/h7-8H,3-6,9-11H2,1-2H3. The fourth-order valence-electron chi connectivity index (χ4n) is 4.82. The molecule has 8 nitrogen and oxygen atoms in total. The lowest BCUT2D eigenvalue weighted by Crippen LogP contribution is -2.61. The lowest BCUT2D eigenvalue weighted by molar-refractivity contribution is -0.142. The number of anilines is 2. The summed E-state index contributed by atoms with van der Waals surface area (Å²) in [6.07, 6.45) is -5.89. The van der Waals surface area contributed by atoms with E-state index in [0.29, 0.717) is 43.2 Å². The second kappa shape index (κ2) is 7.92. The highest BCUT2D eigenvalue weighted by Crippen LogP contribution is 2.43. The van der Waals surface area contributed by atoms with Crippen LogP contribution in [-0.4, -0.2) is 62.1 Å². The first kappa shape index (κ1) is 23.5. The van der Waals surface area contributed by atoms with E-state index in [1.54, 1.807) is 13.1 Å². The third kappa shape index (κ3) is 4.57. The van der Waals surface area contributed by atoms with Crippen molar-refractivity contribution in [2.45, 2.75) is 45.6 Å². The molecule has 0 aromatic carbocycles. The maximum atomic E-state index is 13.1. The third-order valence-corrected chi connectivity index (χ3v) is 6.57. The normalized spacial score (nSPS) is 18.4. The molecule has 2 aliphatic rings. The van der Waals surface area contributed by atoms with Crippen molar-refractivity contribution in [3.05, 3.63) is 29.5 Å². The van der Waals surface area contributed by atoms with Crippen LogP contribution in [0.15, 0.2) is 12.3 Å². The van der Waals surface area contributed by atoms with Gasteiger partial charge in [-0.3, -0.25) is 0 Å². The molecule has 2 saturated heterocycles. The van der Waals surface area contributed by atoms with E-state index in [1.165, 1.54) is 6.92 Å². The Morgan fingerprint density at radius 3 is 2.23 bits per heavy atom. The highest BCUT2D eigenvalue weighted by atomic mass is 19.4. The van der Waals surface area contributed by atoms with Crippen molar-refractivity contribution in [3.63, 3.8) is 0 Å². The molecular formula is C21H22F6N8. The zero-order chi connectivity index (χ0) is 25.2. The average Bonchev–Trinajstić information content (AvgIpc) is 3.04. The molecule has 0 aliphatic carbocycles. The smallest absolute Gasteiger partial charge is 0.355 e. The number of fused-ring (bicyclic) bond motifs is 1. The first-order chi connectivity index (χ1) is 16.3. The Bertz CT molecular complexity index is 1250. The van der Waals surface area contributed by atoms with Crippen LogP contribution >= 0.6 is 0 Å². The molecule has 0 amide bonds. The molecule has 2 aliphatic heterocycles. The average molecular weight is 500 g/mol. The summed E-state index contributed by atoms with van der Waals surface area (Å²) in [7, 11) is 0. The van der Waals surface area contributed by atoms with E-state index in [0.717, 1.165) is 23.6 Å². The topological polar surface area (TPSA) is 75.9 Å². The number of nitrogens with zero attached hydrogens (tertiary/aromatic N) is 8. The minimum Gasteiger partial charge on any atom is -0.355 e. The van der Waals surface area contributed by atoms with Crippen molar-refractivity contribution in [2.24, 2.45) is 5.41 Å². The van der Waals surface area contributed by atoms with Gasteiger partial charge in [-0.15, -0.1) is 0 Å². The fraction of sp³-hybridized carbons (Fsp3) is 0.571. The number of hydrogen-bond donors (Lipinski definition) is 0. The van der Waals surface area contributed by atoms with Gasteiger partial charge in [-0.05, 0) is 26.7 Å². The maximum absolute atomic E-state index is 13.1. The summed E-state index contributed by atoms with van der Waals surface area (Å²) in [5, 5.41) is 3.94. The number of rotatable bonds is 3. The number of aryl methyl sites for hydroxylation is 2. The van der Waals surface area contributed by atoms with Gasteiger partial charge in [0.05, 0.1) is 11.9 Å². The van der Waals surface area contributed by atoms with Gasteiger partial charge in [-0.1, -0.05) is 0 Å². The van der Waals surface area contributed by atoms with Crippen molar-refractivity contribution in [3.8, 4) is 0 Å². The van der Waals surface area contributed by atoms with Crippen molar-refractivity contribution in [1.82, 2.24) is 29.7 Å².